The first-order valence-corrected chi connectivity index (χ1v) is 6.37. The Labute approximate surface area is 116 Å². The van der Waals surface area contributed by atoms with E-state index in [1.54, 1.807) is 19.2 Å². The van der Waals surface area contributed by atoms with Gasteiger partial charge in [0.2, 0.25) is 0 Å². The quantitative estimate of drug-likeness (QED) is 0.882. The molecule has 1 amide bonds. The van der Waals surface area contributed by atoms with Crippen LogP contribution >= 0.6 is 0 Å². The summed E-state index contributed by atoms with van der Waals surface area (Å²) in [5.41, 5.74) is 0.906. The van der Waals surface area contributed by atoms with E-state index in [0.717, 1.165) is 5.56 Å². The van der Waals surface area contributed by atoms with E-state index in [2.05, 4.69) is 0 Å². The lowest BCUT2D eigenvalue weighted by molar-refractivity contribution is -0.144. The molecule has 0 aromatic heterocycles. The Morgan fingerprint density at radius 2 is 1.90 bits per heavy atom. The van der Waals surface area contributed by atoms with Gasteiger partial charge < -0.3 is 19.8 Å². The van der Waals surface area contributed by atoms with E-state index in [1.165, 1.54) is 4.90 Å². The van der Waals surface area contributed by atoms with Crippen molar-refractivity contribution in [3.05, 3.63) is 29.8 Å². The average molecular weight is 279 g/mol. The number of carboxylic acid groups (broad SMARTS) is 2. The highest BCUT2D eigenvalue weighted by atomic mass is 16.5. The summed E-state index contributed by atoms with van der Waals surface area (Å²) in [6.07, 6.45) is -0.556. The predicted octanol–water partition coefficient (Wildman–Crippen LogP) is 1.86. The Hall–Kier alpha value is -2.24. The minimum absolute atomic E-state index is 0.0291. The molecule has 20 heavy (non-hydrogen) atoms. The molecule has 2 N–H and O–H groups in total. The zero-order chi connectivity index (χ0) is 14.7. The fourth-order valence-electron chi connectivity index (χ4n) is 2.63. The van der Waals surface area contributed by atoms with Crippen molar-refractivity contribution >= 4 is 12.1 Å². The third-order valence-corrected chi connectivity index (χ3v) is 3.74. The van der Waals surface area contributed by atoms with Gasteiger partial charge in [-0.15, -0.1) is 0 Å². The SMILES string of the molecule is COc1ccc([C@H]2CCN(C(=O)O)C[C@H]2C(=O)O)cc1. The zero-order valence-corrected chi connectivity index (χ0v) is 11.2. The maximum atomic E-state index is 11.4. The number of benzene rings is 1. The predicted molar refractivity (Wildman–Crippen MR) is 71.1 cm³/mol. The van der Waals surface area contributed by atoms with Gasteiger partial charge in [-0.1, -0.05) is 12.1 Å². The first-order chi connectivity index (χ1) is 9.52. The van der Waals surface area contributed by atoms with E-state index in [0.29, 0.717) is 18.7 Å². The van der Waals surface area contributed by atoms with Gasteiger partial charge in [0, 0.05) is 19.0 Å². The van der Waals surface area contributed by atoms with Crippen LogP contribution in [0.4, 0.5) is 4.79 Å². The van der Waals surface area contributed by atoms with Gasteiger partial charge >= 0.3 is 12.1 Å². The maximum Gasteiger partial charge on any atom is 0.407 e. The Morgan fingerprint density at radius 3 is 2.40 bits per heavy atom. The highest BCUT2D eigenvalue weighted by Gasteiger charge is 2.36. The van der Waals surface area contributed by atoms with Crippen LogP contribution in [-0.2, 0) is 4.79 Å². The van der Waals surface area contributed by atoms with E-state index in [1.807, 2.05) is 12.1 Å². The van der Waals surface area contributed by atoms with Gasteiger partial charge in [0.15, 0.2) is 0 Å². The molecule has 0 spiro atoms. The summed E-state index contributed by atoms with van der Waals surface area (Å²) < 4.78 is 5.08. The lowest BCUT2D eigenvalue weighted by Gasteiger charge is -2.35. The summed E-state index contributed by atoms with van der Waals surface area (Å²) in [4.78, 5) is 23.5. The normalized spacial score (nSPS) is 22.4. The molecule has 1 saturated heterocycles. The van der Waals surface area contributed by atoms with Crippen LogP contribution in [0.5, 0.6) is 5.75 Å². The van der Waals surface area contributed by atoms with Crippen molar-refractivity contribution in [1.29, 1.82) is 0 Å². The van der Waals surface area contributed by atoms with Gasteiger partial charge in [0.25, 0.3) is 0 Å². The number of piperidine rings is 1. The van der Waals surface area contributed by atoms with Gasteiger partial charge in [0.05, 0.1) is 13.0 Å². The number of aliphatic carboxylic acids is 1. The number of amides is 1. The zero-order valence-electron chi connectivity index (χ0n) is 11.2. The van der Waals surface area contributed by atoms with Crippen molar-refractivity contribution in [3.8, 4) is 5.75 Å². The molecule has 0 unspecified atom stereocenters. The molecule has 1 aromatic carbocycles. The first kappa shape index (κ1) is 14.2. The lowest BCUT2D eigenvalue weighted by Crippen LogP contribution is -2.45. The average Bonchev–Trinajstić information content (AvgIpc) is 2.46. The molecule has 1 aromatic rings. The molecular weight excluding hydrogens is 262 g/mol. The van der Waals surface area contributed by atoms with E-state index >= 15 is 0 Å². The number of rotatable bonds is 3. The molecule has 2 atom stereocenters. The summed E-state index contributed by atoms with van der Waals surface area (Å²) in [5, 5.41) is 18.3. The summed E-state index contributed by atoms with van der Waals surface area (Å²) in [6.45, 7) is 0.386. The Balaban J connectivity index is 2.20. The number of carbonyl (C=O) groups is 2. The van der Waals surface area contributed by atoms with Crippen LogP contribution in [0.15, 0.2) is 24.3 Å². The number of ether oxygens (including phenoxy) is 1. The van der Waals surface area contributed by atoms with Crippen LogP contribution < -0.4 is 4.74 Å². The molecule has 0 aliphatic carbocycles. The topological polar surface area (TPSA) is 87.1 Å². The van der Waals surface area contributed by atoms with Gasteiger partial charge in [-0.3, -0.25) is 4.79 Å². The Bertz CT molecular complexity index is 499. The third kappa shape index (κ3) is 2.84. The number of hydrogen-bond acceptors (Lipinski definition) is 3. The summed E-state index contributed by atoms with van der Waals surface area (Å²) in [7, 11) is 1.57. The highest BCUT2D eigenvalue weighted by molar-refractivity contribution is 5.74. The second-order valence-electron chi connectivity index (χ2n) is 4.84. The van der Waals surface area contributed by atoms with Gasteiger partial charge in [0.1, 0.15) is 5.75 Å². The second-order valence-corrected chi connectivity index (χ2v) is 4.84. The number of carboxylic acids is 1. The standard InChI is InChI=1S/C14H17NO5/c1-20-10-4-2-9(3-5-10)11-6-7-15(14(18)19)8-12(11)13(16)17/h2-5,11-12H,6-8H2,1H3,(H,16,17)(H,18,19)/t11-,12-/m1/s1. The number of likely N-dealkylation sites (tertiary alicyclic amines) is 1. The largest absolute Gasteiger partial charge is 0.497 e. The minimum atomic E-state index is -1.07. The number of nitrogens with zero attached hydrogens (tertiary/aromatic N) is 1. The third-order valence-electron chi connectivity index (χ3n) is 3.74. The van der Waals surface area contributed by atoms with Crippen molar-refractivity contribution in [2.75, 3.05) is 20.2 Å². The molecule has 1 fully saturated rings. The second kappa shape index (κ2) is 5.81. The van der Waals surface area contributed by atoms with Gasteiger partial charge in [-0.25, -0.2) is 4.79 Å². The molecule has 2 rings (SSSR count). The van der Waals surface area contributed by atoms with Crippen LogP contribution in [0.1, 0.15) is 17.9 Å². The van der Waals surface area contributed by atoms with Crippen LogP contribution in [-0.4, -0.2) is 47.4 Å². The molecule has 6 heteroatoms. The molecule has 0 radical (unpaired) electrons. The van der Waals surface area contributed by atoms with Crippen LogP contribution in [0.3, 0.4) is 0 Å². The molecule has 1 aliphatic rings. The molecule has 1 heterocycles. The summed E-state index contributed by atoms with van der Waals surface area (Å²) >= 11 is 0. The number of hydrogen-bond donors (Lipinski definition) is 2. The molecular formula is C14H17NO5. The Morgan fingerprint density at radius 1 is 1.25 bits per heavy atom. The monoisotopic (exact) mass is 279 g/mol. The van der Waals surface area contributed by atoms with Crippen molar-refractivity contribution < 1.29 is 24.5 Å². The van der Waals surface area contributed by atoms with Crippen LogP contribution in [0.25, 0.3) is 0 Å². The van der Waals surface area contributed by atoms with Crippen molar-refractivity contribution in [2.24, 2.45) is 5.92 Å². The van der Waals surface area contributed by atoms with Crippen molar-refractivity contribution in [2.45, 2.75) is 12.3 Å². The molecule has 1 aliphatic heterocycles. The summed E-state index contributed by atoms with van der Waals surface area (Å²) in [5.74, 6) is -1.14. The lowest BCUT2D eigenvalue weighted by atomic mass is 9.80. The molecule has 108 valence electrons. The van der Waals surface area contributed by atoms with Gasteiger partial charge in [-0.05, 0) is 24.1 Å². The Kier molecular flexibility index (Phi) is 4.12. The fraction of sp³-hybridized carbons (Fsp3) is 0.429. The number of methoxy groups -OCH3 is 1. The minimum Gasteiger partial charge on any atom is -0.497 e. The van der Waals surface area contributed by atoms with Crippen LogP contribution in [0, 0.1) is 5.92 Å². The van der Waals surface area contributed by atoms with E-state index in [-0.39, 0.29) is 12.5 Å². The van der Waals surface area contributed by atoms with E-state index in [4.69, 9.17) is 9.84 Å². The van der Waals surface area contributed by atoms with Crippen LogP contribution in [0.2, 0.25) is 0 Å². The fourth-order valence-corrected chi connectivity index (χ4v) is 2.63. The van der Waals surface area contributed by atoms with Crippen molar-refractivity contribution in [1.82, 2.24) is 4.90 Å². The smallest absolute Gasteiger partial charge is 0.407 e. The molecule has 6 nitrogen and oxygen atoms in total. The first-order valence-electron chi connectivity index (χ1n) is 6.37. The van der Waals surface area contributed by atoms with E-state index < -0.39 is 18.0 Å². The highest BCUT2D eigenvalue weighted by Crippen LogP contribution is 2.34. The molecule has 0 saturated carbocycles. The molecule has 0 bridgehead atoms. The van der Waals surface area contributed by atoms with Gasteiger partial charge in [-0.2, -0.15) is 0 Å². The summed E-state index contributed by atoms with van der Waals surface area (Å²) in [6, 6.07) is 7.27. The van der Waals surface area contributed by atoms with E-state index in [9.17, 15) is 14.7 Å². The van der Waals surface area contributed by atoms with Crippen molar-refractivity contribution in [3.63, 3.8) is 0 Å². The maximum absolute atomic E-state index is 11.4.